The minimum atomic E-state index is -0.576. The molecule has 8 heteroatoms. The van der Waals surface area contributed by atoms with Gasteiger partial charge in [-0.3, -0.25) is 9.59 Å². The van der Waals surface area contributed by atoms with Crippen LogP contribution in [0.25, 0.3) is 10.2 Å². The number of aromatic nitrogens is 1. The van der Waals surface area contributed by atoms with E-state index in [0.29, 0.717) is 11.2 Å². The molecule has 0 radical (unpaired) electrons. The van der Waals surface area contributed by atoms with Gasteiger partial charge in [-0.05, 0) is 25.5 Å². The molecule has 2 rings (SSSR count). The fourth-order valence-corrected chi connectivity index (χ4v) is 3.65. The maximum atomic E-state index is 12.2. The molecular formula is C18H22N2O5S. The molecular weight excluding hydrogens is 356 g/mol. The van der Waals surface area contributed by atoms with Crippen molar-refractivity contribution in [1.82, 2.24) is 4.57 Å². The number of thiazole rings is 1. The van der Waals surface area contributed by atoms with Crippen LogP contribution in [0.5, 0.6) is 0 Å². The Labute approximate surface area is 155 Å². The average molecular weight is 378 g/mol. The summed E-state index contributed by atoms with van der Waals surface area (Å²) in [5, 5.41) is 0. The summed E-state index contributed by atoms with van der Waals surface area (Å²) in [7, 11) is 1.33. The summed E-state index contributed by atoms with van der Waals surface area (Å²) in [4.78, 5) is 40.4. The maximum Gasteiger partial charge on any atom is 0.328 e. The SMILES string of the molecule is CCOC(=O)CCC(=O)N=c1sc2ccccc2n1C(CC)C(=O)OC. The minimum Gasteiger partial charge on any atom is -0.467 e. The molecule has 0 N–H and O–H groups in total. The van der Waals surface area contributed by atoms with Crippen molar-refractivity contribution in [3.05, 3.63) is 29.1 Å². The zero-order chi connectivity index (χ0) is 19.1. The molecule has 26 heavy (non-hydrogen) atoms. The van der Waals surface area contributed by atoms with Gasteiger partial charge in [-0.25, -0.2) is 4.79 Å². The molecule has 1 aromatic heterocycles. The van der Waals surface area contributed by atoms with E-state index in [9.17, 15) is 14.4 Å². The molecule has 0 spiro atoms. The summed E-state index contributed by atoms with van der Waals surface area (Å²) in [5.41, 5.74) is 0.812. The van der Waals surface area contributed by atoms with Gasteiger partial charge in [0.15, 0.2) is 4.80 Å². The molecule has 1 unspecified atom stereocenters. The lowest BCUT2D eigenvalue weighted by molar-refractivity contribution is -0.145. The van der Waals surface area contributed by atoms with Gasteiger partial charge in [0.05, 0.1) is 30.4 Å². The summed E-state index contributed by atoms with van der Waals surface area (Å²) in [6.45, 7) is 3.85. The predicted octanol–water partition coefficient (Wildman–Crippen LogP) is 2.60. The van der Waals surface area contributed by atoms with E-state index in [4.69, 9.17) is 9.47 Å². The van der Waals surface area contributed by atoms with Crippen molar-refractivity contribution in [2.75, 3.05) is 13.7 Å². The van der Waals surface area contributed by atoms with E-state index in [-0.39, 0.29) is 19.4 Å². The van der Waals surface area contributed by atoms with Crippen LogP contribution in [-0.4, -0.2) is 36.1 Å². The van der Waals surface area contributed by atoms with Crippen LogP contribution in [0.4, 0.5) is 0 Å². The lowest BCUT2D eigenvalue weighted by Crippen LogP contribution is -2.28. The van der Waals surface area contributed by atoms with Crippen molar-refractivity contribution in [3.8, 4) is 0 Å². The second-order valence-corrected chi connectivity index (χ2v) is 6.49. The van der Waals surface area contributed by atoms with Crippen LogP contribution in [0.1, 0.15) is 39.2 Å². The summed E-state index contributed by atoms with van der Waals surface area (Å²) in [6.07, 6.45) is 0.439. The number of hydrogen-bond donors (Lipinski definition) is 0. The van der Waals surface area contributed by atoms with Gasteiger partial charge >= 0.3 is 11.9 Å². The van der Waals surface area contributed by atoms with E-state index in [1.165, 1.54) is 18.4 Å². The zero-order valence-electron chi connectivity index (χ0n) is 15.1. The number of para-hydroxylation sites is 1. The first-order valence-corrected chi connectivity index (χ1v) is 9.24. The van der Waals surface area contributed by atoms with E-state index in [2.05, 4.69) is 4.99 Å². The molecule has 0 saturated carbocycles. The quantitative estimate of drug-likeness (QED) is 0.691. The monoisotopic (exact) mass is 378 g/mol. The van der Waals surface area contributed by atoms with Crippen LogP contribution < -0.4 is 4.80 Å². The number of carbonyl (C=O) groups is 3. The molecule has 1 atom stereocenters. The summed E-state index contributed by atoms with van der Waals surface area (Å²) in [5.74, 6) is -1.25. The lowest BCUT2D eigenvalue weighted by Gasteiger charge is -2.15. The largest absolute Gasteiger partial charge is 0.467 e. The highest BCUT2D eigenvalue weighted by molar-refractivity contribution is 7.16. The van der Waals surface area contributed by atoms with Gasteiger partial charge in [-0.2, -0.15) is 4.99 Å². The average Bonchev–Trinajstić information content (AvgIpc) is 2.98. The van der Waals surface area contributed by atoms with Crippen LogP contribution in [0.15, 0.2) is 29.3 Å². The van der Waals surface area contributed by atoms with Crippen molar-refractivity contribution in [1.29, 1.82) is 0 Å². The van der Waals surface area contributed by atoms with Gasteiger partial charge in [0, 0.05) is 6.42 Å². The fraction of sp³-hybridized carbons (Fsp3) is 0.444. The van der Waals surface area contributed by atoms with Gasteiger partial charge in [-0.15, -0.1) is 0 Å². The van der Waals surface area contributed by atoms with Crippen LogP contribution >= 0.6 is 11.3 Å². The van der Waals surface area contributed by atoms with Crippen LogP contribution in [0.3, 0.4) is 0 Å². The van der Waals surface area contributed by atoms with E-state index in [1.54, 1.807) is 11.5 Å². The highest BCUT2D eigenvalue weighted by atomic mass is 32.1. The third-order valence-corrected chi connectivity index (χ3v) is 4.81. The number of ether oxygens (including phenoxy) is 2. The van der Waals surface area contributed by atoms with Crippen LogP contribution in [0.2, 0.25) is 0 Å². The van der Waals surface area contributed by atoms with Crippen molar-refractivity contribution in [2.45, 2.75) is 39.2 Å². The Morgan fingerprint density at radius 3 is 2.58 bits per heavy atom. The first kappa shape index (κ1) is 19.8. The van der Waals surface area contributed by atoms with Gasteiger partial charge in [0.1, 0.15) is 6.04 Å². The Hall–Kier alpha value is -2.48. The molecule has 0 aliphatic carbocycles. The number of carbonyl (C=O) groups excluding carboxylic acids is 3. The lowest BCUT2D eigenvalue weighted by atomic mass is 10.2. The number of esters is 2. The molecule has 0 aliphatic rings. The second kappa shape index (κ2) is 9.28. The minimum absolute atomic E-state index is 0.0186. The van der Waals surface area contributed by atoms with E-state index in [1.807, 2.05) is 31.2 Å². The van der Waals surface area contributed by atoms with Gasteiger partial charge in [0.25, 0.3) is 0 Å². The molecule has 0 bridgehead atoms. The number of benzene rings is 1. The Morgan fingerprint density at radius 2 is 1.92 bits per heavy atom. The Morgan fingerprint density at radius 1 is 1.19 bits per heavy atom. The second-order valence-electron chi connectivity index (χ2n) is 5.48. The molecule has 0 fully saturated rings. The highest BCUT2D eigenvalue weighted by Gasteiger charge is 2.23. The summed E-state index contributed by atoms with van der Waals surface area (Å²) < 4.78 is 12.4. The maximum absolute atomic E-state index is 12.2. The topological polar surface area (TPSA) is 87.0 Å². The first-order chi connectivity index (χ1) is 12.5. The summed E-state index contributed by atoms with van der Waals surface area (Å²) in [6, 6.07) is 6.95. The molecule has 140 valence electrons. The predicted molar refractivity (Wildman–Crippen MR) is 97.6 cm³/mol. The van der Waals surface area contributed by atoms with E-state index < -0.39 is 23.9 Å². The molecule has 0 saturated heterocycles. The van der Waals surface area contributed by atoms with E-state index >= 15 is 0 Å². The molecule has 1 heterocycles. The molecule has 1 aromatic carbocycles. The van der Waals surface area contributed by atoms with Crippen molar-refractivity contribution >= 4 is 39.4 Å². The Bertz CT molecular complexity index is 868. The van der Waals surface area contributed by atoms with Crippen molar-refractivity contribution < 1.29 is 23.9 Å². The zero-order valence-corrected chi connectivity index (χ0v) is 15.9. The first-order valence-electron chi connectivity index (χ1n) is 8.42. The smallest absolute Gasteiger partial charge is 0.328 e. The van der Waals surface area contributed by atoms with Gasteiger partial charge in [-0.1, -0.05) is 30.4 Å². The third-order valence-electron chi connectivity index (χ3n) is 3.77. The molecule has 0 aliphatic heterocycles. The molecule has 1 amide bonds. The van der Waals surface area contributed by atoms with Crippen molar-refractivity contribution in [3.63, 3.8) is 0 Å². The fourth-order valence-electron chi connectivity index (χ4n) is 2.57. The number of rotatable bonds is 7. The number of methoxy groups -OCH3 is 1. The van der Waals surface area contributed by atoms with E-state index in [0.717, 1.165) is 10.2 Å². The van der Waals surface area contributed by atoms with Crippen molar-refractivity contribution in [2.24, 2.45) is 4.99 Å². The number of hydrogen-bond acceptors (Lipinski definition) is 6. The third kappa shape index (κ3) is 4.57. The van der Waals surface area contributed by atoms with Crippen LogP contribution in [0, 0.1) is 0 Å². The standard InChI is InChI=1S/C18H22N2O5S/c1-4-12(17(23)24-3)20-13-8-6-7-9-14(13)26-18(20)19-15(21)10-11-16(22)25-5-2/h6-9,12H,4-5,10-11H2,1-3H3. The number of amides is 1. The van der Waals surface area contributed by atoms with Gasteiger partial charge < -0.3 is 14.0 Å². The number of fused-ring (bicyclic) bond motifs is 1. The van der Waals surface area contributed by atoms with Gasteiger partial charge in [0.2, 0.25) is 5.91 Å². The number of nitrogens with zero attached hydrogens (tertiary/aromatic N) is 2. The molecule has 7 nitrogen and oxygen atoms in total. The summed E-state index contributed by atoms with van der Waals surface area (Å²) >= 11 is 1.32. The molecule has 2 aromatic rings. The normalized spacial score (nSPS) is 12.8. The highest BCUT2D eigenvalue weighted by Crippen LogP contribution is 2.23. The van der Waals surface area contributed by atoms with Crippen LogP contribution in [-0.2, 0) is 23.9 Å². The Kier molecular flexibility index (Phi) is 7.08. The Balaban J connectivity index is 2.42.